The highest BCUT2D eigenvalue weighted by molar-refractivity contribution is 7.21. The van der Waals surface area contributed by atoms with E-state index in [1.54, 1.807) is 17.6 Å². The van der Waals surface area contributed by atoms with E-state index < -0.39 is 5.79 Å². The molecule has 0 radical (unpaired) electrons. The Labute approximate surface area is 215 Å². The van der Waals surface area contributed by atoms with Gasteiger partial charge in [0.15, 0.2) is 5.79 Å². The molecule has 9 nitrogen and oxygen atoms in total. The highest BCUT2D eigenvalue weighted by Crippen LogP contribution is 2.36. The number of para-hydroxylation sites is 1. The number of aromatic nitrogens is 3. The summed E-state index contributed by atoms with van der Waals surface area (Å²) in [7, 11) is 0. The normalized spacial score (nSPS) is 12.2. The first-order chi connectivity index (χ1) is 17.2. The number of fused-ring (bicyclic) bond motifs is 1. The second-order valence-corrected chi connectivity index (χ2v) is 9.97. The minimum Gasteiger partial charge on any atom is -0.467 e. The van der Waals surface area contributed by atoms with Crippen LogP contribution in [0.3, 0.4) is 0 Å². The first-order valence-electron chi connectivity index (χ1n) is 12.0. The standard InChI is InChI=1S/C23H27N5O2S.C3H8O2/c1-3-16(14-29)10-11-24-21-20(22-27-18-8-4-5-9-19(18)31-22)15(2)26-23(28-21)25-13-17-7-6-12-30-17;1-3(2,4)5/h4-9,12,16,29H,3,10-11,13-14H2,1-2H3,(H2,24,25,26,28);4-5H,1-2H3. The average Bonchev–Trinajstić information content (AvgIpc) is 3.49. The lowest BCUT2D eigenvalue weighted by Gasteiger charge is -2.16. The van der Waals surface area contributed by atoms with Gasteiger partial charge in [0.05, 0.1) is 34.3 Å². The van der Waals surface area contributed by atoms with Crippen LogP contribution in [0.4, 0.5) is 11.8 Å². The summed E-state index contributed by atoms with van der Waals surface area (Å²) in [5.41, 5.74) is 2.74. The number of hydrogen-bond donors (Lipinski definition) is 5. The van der Waals surface area contributed by atoms with E-state index >= 15 is 0 Å². The van der Waals surface area contributed by atoms with Gasteiger partial charge in [0.2, 0.25) is 5.95 Å². The van der Waals surface area contributed by atoms with Gasteiger partial charge in [-0.25, -0.2) is 9.97 Å². The molecule has 1 unspecified atom stereocenters. The molecule has 5 N–H and O–H groups in total. The Morgan fingerprint density at radius 1 is 1.06 bits per heavy atom. The SMILES string of the molecule is CC(C)(O)O.CCC(CO)CCNc1nc(NCc2ccco2)nc(C)c1-c1nc2ccccc2s1. The number of nitrogens with one attached hydrogen (secondary N) is 2. The maximum atomic E-state index is 9.50. The summed E-state index contributed by atoms with van der Waals surface area (Å²) < 4.78 is 6.53. The van der Waals surface area contributed by atoms with Gasteiger partial charge in [-0.3, -0.25) is 0 Å². The van der Waals surface area contributed by atoms with E-state index in [-0.39, 0.29) is 12.5 Å². The molecule has 0 fully saturated rings. The molecule has 0 saturated heterocycles. The molecule has 0 aliphatic heterocycles. The maximum absolute atomic E-state index is 9.50. The van der Waals surface area contributed by atoms with Crippen molar-refractivity contribution in [3.05, 3.63) is 54.1 Å². The van der Waals surface area contributed by atoms with Crippen LogP contribution >= 0.6 is 11.3 Å². The van der Waals surface area contributed by atoms with E-state index in [9.17, 15) is 5.11 Å². The lowest BCUT2D eigenvalue weighted by Crippen LogP contribution is -2.15. The molecule has 1 aromatic carbocycles. The van der Waals surface area contributed by atoms with Crippen LogP contribution in [0.2, 0.25) is 0 Å². The van der Waals surface area contributed by atoms with Crippen molar-refractivity contribution in [3.8, 4) is 10.6 Å². The van der Waals surface area contributed by atoms with Gasteiger partial charge in [0.1, 0.15) is 16.6 Å². The van der Waals surface area contributed by atoms with Crippen molar-refractivity contribution in [2.45, 2.75) is 52.9 Å². The molecule has 0 bridgehead atoms. The average molecular weight is 514 g/mol. The van der Waals surface area contributed by atoms with Crippen molar-refractivity contribution in [2.75, 3.05) is 23.8 Å². The van der Waals surface area contributed by atoms with Crippen LogP contribution in [0.25, 0.3) is 20.8 Å². The number of benzene rings is 1. The summed E-state index contributed by atoms with van der Waals surface area (Å²) in [6.45, 7) is 8.09. The molecule has 0 amide bonds. The van der Waals surface area contributed by atoms with Gasteiger partial charge in [0.25, 0.3) is 0 Å². The van der Waals surface area contributed by atoms with E-state index in [0.717, 1.165) is 50.9 Å². The van der Waals surface area contributed by atoms with E-state index in [1.165, 1.54) is 13.8 Å². The molecular formula is C26H35N5O4S. The zero-order valence-electron chi connectivity index (χ0n) is 21.2. The molecule has 36 heavy (non-hydrogen) atoms. The molecule has 10 heteroatoms. The summed E-state index contributed by atoms with van der Waals surface area (Å²) in [6, 6.07) is 11.9. The van der Waals surface area contributed by atoms with Gasteiger partial charge in [-0.15, -0.1) is 11.3 Å². The van der Waals surface area contributed by atoms with Crippen molar-refractivity contribution in [1.29, 1.82) is 0 Å². The molecule has 3 heterocycles. The largest absolute Gasteiger partial charge is 0.467 e. The summed E-state index contributed by atoms with van der Waals surface area (Å²) in [5.74, 6) is 0.884. The highest BCUT2D eigenvalue weighted by Gasteiger charge is 2.18. The van der Waals surface area contributed by atoms with Gasteiger partial charge < -0.3 is 30.4 Å². The molecule has 4 aromatic rings. The van der Waals surface area contributed by atoms with Crippen LogP contribution in [-0.4, -0.2) is 49.2 Å². The fraction of sp³-hybridized carbons (Fsp3) is 0.423. The predicted molar refractivity (Wildman–Crippen MR) is 144 cm³/mol. The maximum Gasteiger partial charge on any atom is 0.225 e. The number of rotatable bonds is 10. The Bertz CT molecular complexity index is 1180. The van der Waals surface area contributed by atoms with Crippen LogP contribution < -0.4 is 10.6 Å². The third-order valence-corrected chi connectivity index (χ3v) is 6.33. The molecule has 0 saturated carbocycles. The van der Waals surface area contributed by atoms with Gasteiger partial charge in [-0.2, -0.15) is 4.98 Å². The van der Waals surface area contributed by atoms with E-state index in [2.05, 4.69) is 28.6 Å². The minimum atomic E-state index is -1.50. The lowest BCUT2D eigenvalue weighted by atomic mass is 10.0. The number of aliphatic hydroxyl groups excluding tert-OH is 1. The first kappa shape index (κ1) is 27.5. The highest BCUT2D eigenvalue weighted by atomic mass is 32.1. The monoisotopic (exact) mass is 513 g/mol. The second-order valence-electron chi connectivity index (χ2n) is 8.94. The van der Waals surface area contributed by atoms with E-state index in [0.29, 0.717) is 19.0 Å². The number of aryl methyl sites for hydroxylation is 1. The number of hydrogen-bond acceptors (Lipinski definition) is 10. The van der Waals surface area contributed by atoms with Gasteiger partial charge in [-0.05, 0) is 57.4 Å². The van der Waals surface area contributed by atoms with Crippen molar-refractivity contribution in [1.82, 2.24) is 15.0 Å². The molecule has 0 spiro atoms. The first-order valence-corrected chi connectivity index (χ1v) is 12.8. The Morgan fingerprint density at radius 2 is 1.81 bits per heavy atom. The number of aliphatic hydroxyl groups is 3. The fourth-order valence-corrected chi connectivity index (χ4v) is 4.48. The zero-order chi connectivity index (χ0) is 26.1. The summed E-state index contributed by atoms with van der Waals surface area (Å²) in [4.78, 5) is 14.3. The fourth-order valence-electron chi connectivity index (χ4n) is 3.41. The minimum absolute atomic E-state index is 0.196. The molecule has 1 atom stereocenters. The number of thiazole rings is 1. The Morgan fingerprint density at radius 3 is 2.44 bits per heavy atom. The topological polar surface area (TPSA) is 137 Å². The van der Waals surface area contributed by atoms with Crippen LogP contribution in [0.15, 0.2) is 47.1 Å². The summed E-state index contributed by atoms with van der Waals surface area (Å²) >= 11 is 1.64. The quantitative estimate of drug-likeness (QED) is 0.189. The van der Waals surface area contributed by atoms with Gasteiger partial charge in [0, 0.05) is 13.2 Å². The Kier molecular flexibility index (Phi) is 9.77. The Balaban J connectivity index is 0.000000658. The van der Waals surface area contributed by atoms with Crippen molar-refractivity contribution in [2.24, 2.45) is 5.92 Å². The summed E-state index contributed by atoms with van der Waals surface area (Å²) in [5, 5.41) is 33.3. The number of nitrogens with zero attached hydrogens (tertiary/aromatic N) is 3. The van der Waals surface area contributed by atoms with Crippen LogP contribution in [0.1, 0.15) is 45.1 Å². The second kappa shape index (κ2) is 12.8. The van der Waals surface area contributed by atoms with Crippen molar-refractivity contribution < 1.29 is 19.7 Å². The van der Waals surface area contributed by atoms with Crippen molar-refractivity contribution in [3.63, 3.8) is 0 Å². The Hall–Kier alpha value is -3.05. The predicted octanol–water partition coefficient (Wildman–Crippen LogP) is 4.79. The smallest absolute Gasteiger partial charge is 0.225 e. The number of anilines is 2. The van der Waals surface area contributed by atoms with Crippen molar-refractivity contribution >= 4 is 33.3 Å². The van der Waals surface area contributed by atoms with Crippen LogP contribution in [-0.2, 0) is 6.54 Å². The van der Waals surface area contributed by atoms with Gasteiger partial charge >= 0.3 is 0 Å². The molecular weight excluding hydrogens is 478 g/mol. The zero-order valence-corrected chi connectivity index (χ0v) is 22.0. The van der Waals surface area contributed by atoms with E-state index in [4.69, 9.17) is 24.6 Å². The summed E-state index contributed by atoms with van der Waals surface area (Å²) in [6.07, 6.45) is 3.46. The molecule has 3 aromatic heterocycles. The van der Waals surface area contributed by atoms with Gasteiger partial charge in [-0.1, -0.05) is 25.5 Å². The third-order valence-electron chi connectivity index (χ3n) is 5.28. The van der Waals surface area contributed by atoms with E-state index in [1.807, 2.05) is 37.3 Å². The molecule has 4 rings (SSSR count). The van der Waals surface area contributed by atoms with Crippen LogP contribution in [0.5, 0.6) is 0 Å². The lowest BCUT2D eigenvalue weighted by molar-refractivity contribution is -0.127. The molecule has 194 valence electrons. The number of furan rings is 1. The van der Waals surface area contributed by atoms with Crippen LogP contribution in [0, 0.1) is 12.8 Å². The molecule has 0 aliphatic rings. The molecule has 0 aliphatic carbocycles. The third kappa shape index (κ3) is 8.27.